The number of nitrogens with one attached hydrogen (secondary N) is 1. The molecule has 4 atom stereocenters. The van der Waals surface area contributed by atoms with Gasteiger partial charge in [-0.05, 0) is 36.4 Å². The Hall–Kier alpha value is -2.90. The second kappa shape index (κ2) is 6.05. The minimum absolute atomic E-state index is 0.0637. The molecule has 5 rings (SSSR count). The molecule has 2 saturated heterocycles. The van der Waals surface area contributed by atoms with Gasteiger partial charge in [0.25, 0.3) is 5.91 Å². The average Bonchev–Trinajstić information content (AvgIpc) is 3.45. The summed E-state index contributed by atoms with van der Waals surface area (Å²) in [6.45, 7) is 0.0637. The number of carbonyl (C=O) groups is 3. The predicted octanol–water partition coefficient (Wildman–Crippen LogP) is 2.18. The Labute approximate surface area is 164 Å². The molecule has 0 saturated carbocycles. The number of anilines is 1. The highest BCUT2D eigenvalue weighted by atomic mass is 35.5. The first-order chi connectivity index (χ1) is 13.5. The van der Waals surface area contributed by atoms with Crippen LogP contribution >= 0.6 is 11.6 Å². The maximum atomic E-state index is 13.2. The van der Waals surface area contributed by atoms with Crippen LogP contribution in [0.25, 0.3) is 0 Å². The summed E-state index contributed by atoms with van der Waals surface area (Å²) in [6.07, 6.45) is 4.48. The molecule has 1 aromatic carbocycles. The van der Waals surface area contributed by atoms with Gasteiger partial charge in [0.1, 0.15) is 5.60 Å². The monoisotopic (exact) mass is 398 g/mol. The van der Waals surface area contributed by atoms with Crippen molar-refractivity contribution in [1.29, 1.82) is 0 Å². The lowest BCUT2D eigenvalue weighted by Gasteiger charge is -2.29. The quantitative estimate of drug-likeness (QED) is 0.630. The summed E-state index contributed by atoms with van der Waals surface area (Å²) in [5.74, 6) is -2.17. The zero-order valence-electron chi connectivity index (χ0n) is 14.5. The zero-order valence-corrected chi connectivity index (χ0v) is 15.3. The summed E-state index contributed by atoms with van der Waals surface area (Å²) in [6, 6.07) is 9.71. The number of furan rings is 1. The van der Waals surface area contributed by atoms with Crippen LogP contribution in [0, 0.1) is 11.8 Å². The topological polar surface area (TPSA) is 88.9 Å². The van der Waals surface area contributed by atoms with Crippen molar-refractivity contribution in [1.82, 2.24) is 5.32 Å². The maximum Gasteiger partial charge on any atom is 0.287 e. The molecule has 3 aliphatic heterocycles. The second-order valence-electron chi connectivity index (χ2n) is 7.05. The van der Waals surface area contributed by atoms with Crippen LogP contribution in [0.4, 0.5) is 5.69 Å². The number of carbonyl (C=O) groups excluding carboxylic acids is 3. The number of halogens is 1. The summed E-state index contributed by atoms with van der Waals surface area (Å²) in [5, 5.41) is 3.27. The van der Waals surface area contributed by atoms with E-state index in [-0.39, 0.29) is 24.1 Å². The molecule has 1 aromatic heterocycles. The van der Waals surface area contributed by atoms with Crippen LogP contribution in [0.15, 0.2) is 59.2 Å². The molecule has 0 radical (unpaired) electrons. The first-order valence-corrected chi connectivity index (χ1v) is 9.20. The molecule has 0 spiro atoms. The van der Waals surface area contributed by atoms with Crippen molar-refractivity contribution in [3.8, 4) is 0 Å². The lowest BCUT2D eigenvalue weighted by Crippen LogP contribution is -2.48. The molecule has 1 N–H and O–H groups in total. The fraction of sp³-hybridized carbons (Fsp3) is 0.250. The van der Waals surface area contributed by atoms with E-state index in [2.05, 4.69) is 5.32 Å². The number of benzene rings is 1. The number of fused-ring (bicyclic) bond motifs is 5. The summed E-state index contributed by atoms with van der Waals surface area (Å²) in [4.78, 5) is 39.6. The maximum absolute atomic E-state index is 13.2. The number of ether oxygens (including phenoxy) is 1. The highest BCUT2D eigenvalue weighted by Gasteiger charge is 2.67. The van der Waals surface area contributed by atoms with Gasteiger partial charge in [-0.2, -0.15) is 0 Å². The van der Waals surface area contributed by atoms with E-state index in [4.69, 9.17) is 20.8 Å². The molecule has 28 heavy (non-hydrogen) atoms. The second-order valence-corrected chi connectivity index (χ2v) is 7.48. The lowest BCUT2D eigenvalue weighted by atomic mass is 9.77. The molecule has 2 bridgehead atoms. The Kier molecular flexibility index (Phi) is 3.72. The van der Waals surface area contributed by atoms with Gasteiger partial charge >= 0.3 is 0 Å². The number of hydrogen-bond donors (Lipinski definition) is 1. The van der Waals surface area contributed by atoms with E-state index < -0.39 is 29.4 Å². The predicted molar refractivity (Wildman–Crippen MR) is 98.7 cm³/mol. The van der Waals surface area contributed by atoms with Gasteiger partial charge in [-0.25, -0.2) is 4.90 Å². The highest BCUT2D eigenvalue weighted by molar-refractivity contribution is 6.31. The van der Waals surface area contributed by atoms with E-state index in [9.17, 15) is 14.4 Å². The minimum Gasteiger partial charge on any atom is -0.459 e. The standard InChI is InChI=1S/C20H15ClN2O5/c21-11-3-5-12(6-4-11)23-18(25)15-13-7-8-20(28-13,16(15)19(23)26)10-22-17(24)14-2-1-9-27-14/h1-9,13,15-16H,10H2,(H,22,24)/t13-,15-,16+,20+/m0/s1. The third-order valence-corrected chi connectivity index (χ3v) is 5.76. The van der Waals surface area contributed by atoms with Crippen LogP contribution in [0.1, 0.15) is 10.6 Å². The van der Waals surface area contributed by atoms with Crippen LogP contribution < -0.4 is 10.2 Å². The molecule has 2 fully saturated rings. The van der Waals surface area contributed by atoms with Gasteiger partial charge in [0, 0.05) is 5.02 Å². The smallest absolute Gasteiger partial charge is 0.287 e. The molecule has 0 unspecified atom stereocenters. The van der Waals surface area contributed by atoms with Gasteiger partial charge < -0.3 is 14.5 Å². The van der Waals surface area contributed by atoms with Gasteiger partial charge in [-0.15, -0.1) is 0 Å². The third kappa shape index (κ3) is 2.36. The Bertz CT molecular complexity index is 1000. The van der Waals surface area contributed by atoms with Crippen molar-refractivity contribution >= 4 is 35.0 Å². The van der Waals surface area contributed by atoms with Crippen molar-refractivity contribution in [2.24, 2.45) is 11.8 Å². The van der Waals surface area contributed by atoms with E-state index in [1.807, 2.05) is 0 Å². The van der Waals surface area contributed by atoms with Gasteiger partial charge in [0.15, 0.2) is 5.76 Å². The lowest BCUT2D eigenvalue weighted by molar-refractivity contribution is -0.126. The fourth-order valence-corrected chi connectivity index (χ4v) is 4.39. The molecule has 2 aromatic rings. The first-order valence-electron chi connectivity index (χ1n) is 8.82. The SMILES string of the molecule is O=C(NC[C@@]12C=C[C@H](O1)[C@@H]1C(=O)N(c3ccc(Cl)cc3)C(=O)[C@@H]12)c1ccco1. The Balaban J connectivity index is 1.42. The van der Waals surface area contributed by atoms with Crippen molar-refractivity contribution in [2.45, 2.75) is 11.7 Å². The van der Waals surface area contributed by atoms with E-state index in [1.165, 1.54) is 11.2 Å². The minimum atomic E-state index is -1.05. The van der Waals surface area contributed by atoms with Crippen molar-refractivity contribution in [3.05, 3.63) is 65.6 Å². The zero-order chi connectivity index (χ0) is 19.5. The average molecular weight is 399 g/mol. The van der Waals surface area contributed by atoms with Gasteiger partial charge in [0.2, 0.25) is 11.8 Å². The molecular formula is C20H15ClN2O5. The molecule has 7 nitrogen and oxygen atoms in total. The molecule has 4 heterocycles. The Morgan fingerprint density at radius 1 is 1.18 bits per heavy atom. The number of amides is 3. The third-order valence-electron chi connectivity index (χ3n) is 5.51. The van der Waals surface area contributed by atoms with Gasteiger partial charge in [-0.1, -0.05) is 23.8 Å². The summed E-state index contributed by atoms with van der Waals surface area (Å²) < 4.78 is 11.1. The van der Waals surface area contributed by atoms with Gasteiger partial charge in [0.05, 0.1) is 36.4 Å². The Morgan fingerprint density at radius 2 is 1.96 bits per heavy atom. The molecule has 3 amide bonds. The molecular weight excluding hydrogens is 384 g/mol. The highest BCUT2D eigenvalue weighted by Crippen LogP contribution is 2.52. The number of imide groups is 1. The van der Waals surface area contributed by atoms with E-state index in [0.717, 1.165) is 0 Å². The summed E-state index contributed by atoms with van der Waals surface area (Å²) >= 11 is 5.91. The largest absolute Gasteiger partial charge is 0.459 e. The van der Waals surface area contributed by atoms with E-state index >= 15 is 0 Å². The van der Waals surface area contributed by atoms with Crippen LogP contribution in [-0.2, 0) is 14.3 Å². The fourth-order valence-electron chi connectivity index (χ4n) is 4.26. The van der Waals surface area contributed by atoms with Crippen LogP contribution in [0.5, 0.6) is 0 Å². The van der Waals surface area contributed by atoms with Crippen molar-refractivity contribution in [2.75, 3.05) is 11.4 Å². The summed E-state index contributed by atoms with van der Waals surface area (Å²) in [7, 11) is 0. The number of hydrogen-bond acceptors (Lipinski definition) is 5. The van der Waals surface area contributed by atoms with Crippen LogP contribution in [0.3, 0.4) is 0 Å². The number of rotatable bonds is 4. The molecule has 8 heteroatoms. The molecule has 0 aliphatic carbocycles. The van der Waals surface area contributed by atoms with Crippen molar-refractivity contribution in [3.63, 3.8) is 0 Å². The molecule has 3 aliphatic rings. The van der Waals surface area contributed by atoms with Gasteiger partial charge in [-0.3, -0.25) is 14.4 Å². The first kappa shape index (κ1) is 17.2. The summed E-state index contributed by atoms with van der Waals surface area (Å²) in [5.41, 5.74) is -0.575. The Morgan fingerprint density at radius 3 is 2.68 bits per heavy atom. The molecule has 142 valence electrons. The normalized spacial score (nSPS) is 30.2. The number of nitrogens with zero attached hydrogens (tertiary/aromatic N) is 1. The van der Waals surface area contributed by atoms with E-state index in [0.29, 0.717) is 10.7 Å². The van der Waals surface area contributed by atoms with Crippen molar-refractivity contribution < 1.29 is 23.5 Å². The van der Waals surface area contributed by atoms with Crippen LogP contribution in [-0.4, -0.2) is 36.0 Å². The van der Waals surface area contributed by atoms with Crippen LogP contribution in [0.2, 0.25) is 5.02 Å². The van der Waals surface area contributed by atoms with E-state index in [1.54, 1.807) is 48.6 Å².